The van der Waals surface area contributed by atoms with Crippen LogP contribution in [0.25, 0.3) is 0 Å². The Balaban J connectivity index is 1.84. The fourth-order valence-corrected chi connectivity index (χ4v) is 3.32. The van der Waals surface area contributed by atoms with E-state index in [1.807, 2.05) is 0 Å². The zero-order valence-corrected chi connectivity index (χ0v) is 11.7. The summed E-state index contributed by atoms with van der Waals surface area (Å²) in [5.74, 6) is -8.92. The fraction of sp³-hybridized carbons (Fsp3) is 0.600. The van der Waals surface area contributed by atoms with E-state index in [1.165, 1.54) is 24.3 Å². The maximum absolute atomic E-state index is 14.3. The molecule has 0 saturated heterocycles. The van der Waals surface area contributed by atoms with Crippen molar-refractivity contribution in [2.45, 2.75) is 55.3 Å². The van der Waals surface area contributed by atoms with Crippen molar-refractivity contribution in [3.8, 4) is 5.75 Å². The van der Waals surface area contributed by atoms with Crippen LogP contribution in [0.3, 0.4) is 0 Å². The molecule has 3 aliphatic carbocycles. The topological polar surface area (TPSA) is 49.7 Å². The highest BCUT2D eigenvalue weighted by Crippen LogP contribution is 2.64. The standard InChI is InChI=1S/C15H16F4O3/c16-14(17)12(21)5-7-13(8-6-12,15(14,18)19)22-9-10-1-3-11(20)4-2-10/h1-4,20-21H,5-9H2. The summed E-state index contributed by atoms with van der Waals surface area (Å²) in [5.41, 5.74) is -4.42. The number of aromatic hydroxyl groups is 1. The molecule has 7 heteroatoms. The van der Waals surface area contributed by atoms with Gasteiger partial charge in [-0.05, 0) is 43.4 Å². The van der Waals surface area contributed by atoms with Crippen LogP contribution in [0.4, 0.5) is 17.6 Å². The zero-order valence-electron chi connectivity index (χ0n) is 11.7. The summed E-state index contributed by atoms with van der Waals surface area (Å²) in [6.45, 7) is -0.260. The molecule has 0 aliphatic heterocycles. The molecule has 1 aromatic rings. The van der Waals surface area contributed by atoms with Crippen LogP contribution >= 0.6 is 0 Å². The monoisotopic (exact) mass is 320 g/mol. The maximum Gasteiger partial charge on any atom is 0.341 e. The van der Waals surface area contributed by atoms with Crippen LogP contribution in [0.5, 0.6) is 5.75 Å². The summed E-state index contributed by atoms with van der Waals surface area (Å²) in [7, 11) is 0. The van der Waals surface area contributed by atoms with Gasteiger partial charge in [0.1, 0.15) is 17.0 Å². The minimum atomic E-state index is -4.51. The number of fused-ring (bicyclic) bond motifs is 3. The lowest BCUT2D eigenvalue weighted by Crippen LogP contribution is -2.76. The van der Waals surface area contributed by atoms with Crippen molar-refractivity contribution in [1.82, 2.24) is 0 Å². The highest BCUT2D eigenvalue weighted by Gasteiger charge is 2.82. The molecule has 3 fully saturated rings. The number of aliphatic hydroxyl groups is 1. The first-order valence-electron chi connectivity index (χ1n) is 7.04. The van der Waals surface area contributed by atoms with Crippen molar-refractivity contribution in [2.75, 3.05) is 0 Å². The fourth-order valence-electron chi connectivity index (χ4n) is 3.32. The van der Waals surface area contributed by atoms with Gasteiger partial charge in [0.2, 0.25) is 0 Å². The third kappa shape index (κ3) is 1.88. The van der Waals surface area contributed by atoms with E-state index in [1.54, 1.807) is 0 Å². The summed E-state index contributed by atoms with van der Waals surface area (Å²) >= 11 is 0. The van der Waals surface area contributed by atoms with E-state index >= 15 is 0 Å². The molecule has 0 radical (unpaired) electrons. The van der Waals surface area contributed by atoms with Crippen LogP contribution in [0, 0.1) is 0 Å². The predicted molar refractivity (Wildman–Crippen MR) is 68.9 cm³/mol. The van der Waals surface area contributed by atoms with Crippen LogP contribution < -0.4 is 0 Å². The summed E-state index contributed by atoms with van der Waals surface area (Å²) in [6.07, 6.45) is -1.45. The Labute approximate surface area is 124 Å². The van der Waals surface area contributed by atoms with Gasteiger partial charge in [-0.2, -0.15) is 17.6 Å². The summed E-state index contributed by atoms with van der Waals surface area (Å²) in [5, 5.41) is 19.0. The molecule has 0 spiro atoms. The number of halogens is 4. The molecule has 0 atom stereocenters. The van der Waals surface area contributed by atoms with Gasteiger partial charge in [-0.15, -0.1) is 0 Å². The van der Waals surface area contributed by atoms with Crippen LogP contribution in [-0.2, 0) is 11.3 Å². The van der Waals surface area contributed by atoms with E-state index in [9.17, 15) is 22.7 Å². The van der Waals surface area contributed by atoms with Crippen molar-refractivity contribution < 1.29 is 32.5 Å². The Morgan fingerprint density at radius 1 is 0.909 bits per heavy atom. The van der Waals surface area contributed by atoms with E-state index < -0.39 is 35.9 Å². The Bertz CT molecular complexity index is 563. The van der Waals surface area contributed by atoms with Crippen LogP contribution in [-0.4, -0.2) is 33.3 Å². The third-order valence-corrected chi connectivity index (χ3v) is 4.89. The average Bonchev–Trinajstić information content (AvgIpc) is 2.47. The first-order chi connectivity index (χ1) is 10.1. The molecule has 0 unspecified atom stereocenters. The molecule has 3 saturated carbocycles. The minimum absolute atomic E-state index is 0.0131. The number of benzene rings is 1. The van der Waals surface area contributed by atoms with Crippen LogP contribution in [0.2, 0.25) is 0 Å². The quantitative estimate of drug-likeness (QED) is 0.841. The van der Waals surface area contributed by atoms with Gasteiger partial charge in [-0.3, -0.25) is 0 Å². The molecule has 3 nitrogen and oxygen atoms in total. The first kappa shape index (κ1) is 15.6. The summed E-state index contributed by atoms with van der Waals surface area (Å²) in [6, 6.07) is 5.68. The van der Waals surface area contributed by atoms with Crippen molar-refractivity contribution in [3.63, 3.8) is 0 Å². The zero-order chi connectivity index (χ0) is 16.2. The van der Waals surface area contributed by atoms with Crippen LogP contribution in [0.1, 0.15) is 31.2 Å². The highest BCUT2D eigenvalue weighted by molar-refractivity contribution is 5.26. The largest absolute Gasteiger partial charge is 0.508 e. The van der Waals surface area contributed by atoms with E-state index in [0.29, 0.717) is 5.56 Å². The lowest BCUT2D eigenvalue weighted by atomic mass is 9.60. The normalized spacial score (nSPS) is 35.5. The highest BCUT2D eigenvalue weighted by atomic mass is 19.3. The molecular weight excluding hydrogens is 304 g/mol. The second kappa shape index (κ2) is 4.58. The maximum atomic E-state index is 14.3. The molecule has 3 aliphatic rings. The second-order valence-electron chi connectivity index (χ2n) is 6.13. The van der Waals surface area contributed by atoms with Gasteiger partial charge in [-0.25, -0.2) is 0 Å². The number of hydrogen-bond acceptors (Lipinski definition) is 3. The van der Waals surface area contributed by atoms with Gasteiger partial charge in [0.05, 0.1) is 6.61 Å². The minimum Gasteiger partial charge on any atom is -0.508 e. The molecule has 2 bridgehead atoms. The predicted octanol–water partition coefficient (Wildman–Crippen LogP) is 3.24. The van der Waals surface area contributed by atoms with Crippen molar-refractivity contribution >= 4 is 0 Å². The smallest absolute Gasteiger partial charge is 0.341 e. The second-order valence-corrected chi connectivity index (χ2v) is 6.13. The Morgan fingerprint density at radius 3 is 2.00 bits per heavy atom. The molecule has 0 amide bonds. The van der Waals surface area contributed by atoms with E-state index in [-0.39, 0.29) is 25.2 Å². The average molecular weight is 320 g/mol. The molecule has 0 aromatic heterocycles. The third-order valence-electron chi connectivity index (χ3n) is 4.89. The van der Waals surface area contributed by atoms with E-state index in [4.69, 9.17) is 9.84 Å². The molecule has 2 N–H and O–H groups in total. The SMILES string of the molecule is Oc1ccc(COC23CCC(O)(CC2)C(F)(F)C3(F)F)cc1. The van der Waals surface area contributed by atoms with Gasteiger partial charge in [0.25, 0.3) is 0 Å². The van der Waals surface area contributed by atoms with Crippen molar-refractivity contribution in [3.05, 3.63) is 29.8 Å². The van der Waals surface area contributed by atoms with Crippen molar-refractivity contribution in [1.29, 1.82) is 0 Å². The Hall–Kier alpha value is -1.34. The van der Waals surface area contributed by atoms with Crippen molar-refractivity contribution in [2.24, 2.45) is 0 Å². The molecule has 122 valence electrons. The number of hydrogen-bond donors (Lipinski definition) is 2. The number of alkyl halides is 4. The van der Waals surface area contributed by atoms with Gasteiger partial charge in [-0.1, -0.05) is 12.1 Å². The van der Waals surface area contributed by atoms with Gasteiger partial charge in [0, 0.05) is 0 Å². The van der Waals surface area contributed by atoms with E-state index in [0.717, 1.165) is 0 Å². The molecular formula is C15H16F4O3. The van der Waals surface area contributed by atoms with E-state index in [2.05, 4.69) is 0 Å². The molecule has 1 aromatic carbocycles. The lowest BCUT2D eigenvalue weighted by molar-refractivity contribution is -0.404. The Kier molecular flexibility index (Phi) is 3.24. The molecule has 4 rings (SSSR count). The van der Waals surface area contributed by atoms with Gasteiger partial charge < -0.3 is 14.9 Å². The van der Waals surface area contributed by atoms with Crippen LogP contribution in [0.15, 0.2) is 24.3 Å². The molecule has 0 heterocycles. The number of rotatable bonds is 3. The first-order valence-corrected chi connectivity index (χ1v) is 7.04. The van der Waals surface area contributed by atoms with Gasteiger partial charge in [0.15, 0.2) is 0 Å². The lowest BCUT2D eigenvalue weighted by Gasteiger charge is -2.58. The number of phenols is 1. The summed E-state index contributed by atoms with van der Waals surface area (Å²) < 4.78 is 61.7. The summed E-state index contributed by atoms with van der Waals surface area (Å²) in [4.78, 5) is 0. The van der Waals surface area contributed by atoms with Gasteiger partial charge >= 0.3 is 11.8 Å². The molecule has 22 heavy (non-hydrogen) atoms. The number of phenolic OH excluding ortho intramolecular Hbond substituents is 1. The Morgan fingerprint density at radius 2 is 1.45 bits per heavy atom. The number of ether oxygens (including phenoxy) is 1.